The Kier molecular flexibility index (Phi) is 4.89. The number of hydrogen-bond acceptors (Lipinski definition) is 3. The molecule has 5 heteroatoms. The van der Waals surface area contributed by atoms with Crippen LogP contribution in [0.3, 0.4) is 0 Å². The highest BCUT2D eigenvalue weighted by Gasteiger charge is 2.20. The van der Waals surface area contributed by atoms with Gasteiger partial charge in [0.2, 0.25) is 5.43 Å². The van der Waals surface area contributed by atoms with E-state index < -0.39 is 0 Å². The van der Waals surface area contributed by atoms with Crippen LogP contribution in [-0.4, -0.2) is 20.1 Å². The normalized spacial score (nSPS) is 12.2. The molecule has 0 aliphatic carbocycles. The number of para-hydroxylation sites is 1. The molecule has 0 radical (unpaired) electrons. The number of carbonyl (C=O) groups excluding carboxylic acids is 1. The second-order valence-electron chi connectivity index (χ2n) is 7.35. The van der Waals surface area contributed by atoms with E-state index in [2.05, 4.69) is 28.7 Å². The lowest BCUT2D eigenvalue weighted by atomic mass is 10.1. The van der Waals surface area contributed by atoms with Gasteiger partial charge in [-0.15, -0.1) is 0 Å². The molecule has 0 aliphatic rings. The molecule has 4 aromatic rings. The second kappa shape index (κ2) is 7.51. The molecular weight excluding hydrogens is 362 g/mol. The van der Waals surface area contributed by atoms with E-state index in [1.807, 2.05) is 56.3 Å². The summed E-state index contributed by atoms with van der Waals surface area (Å²) in [6.07, 6.45) is 1.27. The minimum absolute atomic E-state index is 0.0223. The minimum Gasteiger partial charge on any atom is -0.341 e. The van der Waals surface area contributed by atoms with E-state index in [4.69, 9.17) is 0 Å². The SMILES string of the molecule is Cc1cc(C(=O)Cn2ncc(=O)c3ccccc32)c(C)n1[C@H](C)c1ccccc1. The summed E-state index contributed by atoms with van der Waals surface area (Å²) in [4.78, 5) is 25.2. The van der Waals surface area contributed by atoms with Gasteiger partial charge in [0.25, 0.3) is 0 Å². The zero-order valence-electron chi connectivity index (χ0n) is 16.8. The van der Waals surface area contributed by atoms with Gasteiger partial charge in [0.15, 0.2) is 5.78 Å². The van der Waals surface area contributed by atoms with E-state index in [0.717, 1.165) is 11.4 Å². The van der Waals surface area contributed by atoms with Gasteiger partial charge in [0.05, 0.1) is 17.8 Å². The van der Waals surface area contributed by atoms with Crippen molar-refractivity contribution in [1.29, 1.82) is 0 Å². The summed E-state index contributed by atoms with van der Waals surface area (Å²) in [6, 6.07) is 19.6. The molecule has 0 saturated carbocycles. The van der Waals surface area contributed by atoms with Crippen molar-refractivity contribution >= 4 is 16.7 Å². The molecule has 29 heavy (non-hydrogen) atoms. The van der Waals surface area contributed by atoms with Gasteiger partial charge < -0.3 is 4.57 Å². The van der Waals surface area contributed by atoms with Gasteiger partial charge in [-0.3, -0.25) is 14.3 Å². The number of benzene rings is 2. The van der Waals surface area contributed by atoms with E-state index in [1.165, 1.54) is 11.8 Å². The molecule has 146 valence electrons. The summed E-state index contributed by atoms with van der Waals surface area (Å²) in [7, 11) is 0. The summed E-state index contributed by atoms with van der Waals surface area (Å²) in [6.45, 7) is 6.23. The maximum atomic E-state index is 13.1. The van der Waals surface area contributed by atoms with E-state index >= 15 is 0 Å². The lowest BCUT2D eigenvalue weighted by molar-refractivity contribution is 0.0968. The van der Waals surface area contributed by atoms with Crippen molar-refractivity contribution in [2.45, 2.75) is 33.4 Å². The first-order chi connectivity index (χ1) is 14.0. The van der Waals surface area contributed by atoms with Crippen molar-refractivity contribution in [3.8, 4) is 0 Å². The molecular formula is C24H23N3O2. The number of aryl methyl sites for hydroxylation is 1. The fourth-order valence-corrected chi connectivity index (χ4v) is 4.04. The van der Waals surface area contributed by atoms with Gasteiger partial charge in [0.1, 0.15) is 6.54 Å². The van der Waals surface area contributed by atoms with Crippen molar-refractivity contribution in [2.24, 2.45) is 0 Å². The van der Waals surface area contributed by atoms with Crippen LogP contribution in [0.2, 0.25) is 0 Å². The van der Waals surface area contributed by atoms with Crippen LogP contribution in [0.15, 0.2) is 71.7 Å². The average molecular weight is 385 g/mol. The van der Waals surface area contributed by atoms with E-state index in [-0.39, 0.29) is 23.8 Å². The zero-order chi connectivity index (χ0) is 20.5. The highest BCUT2D eigenvalue weighted by molar-refractivity contribution is 5.98. The number of aromatic nitrogens is 3. The molecule has 0 spiro atoms. The van der Waals surface area contributed by atoms with Crippen molar-refractivity contribution < 1.29 is 4.79 Å². The molecule has 2 aromatic heterocycles. The fourth-order valence-electron chi connectivity index (χ4n) is 4.04. The van der Waals surface area contributed by atoms with Gasteiger partial charge in [-0.05, 0) is 44.5 Å². The van der Waals surface area contributed by atoms with Crippen LogP contribution in [0.1, 0.15) is 40.3 Å². The molecule has 2 aromatic carbocycles. The first kappa shape index (κ1) is 18.9. The Bertz CT molecular complexity index is 1250. The Labute approximate surface area is 169 Å². The molecule has 2 heterocycles. The summed E-state index contributed by atoms with van der Waals surface area (Å²) in [5.74, 6) is -0.0223. The largest absolute Gasteiger partial charge is 0.341 e. The molecule has 0 unspecified atom stereocenters. The predicted molar refractivity (Wildman–Crippen MR) is 114 cm³/mol. The second-order valence-corrected chi connectivity index (χ2v) is 7.35. The zero-order valence-corrected chi connectivity index (χ0v) is 16.8. The third-order valence-corrected chi connectivity index (χ3v) is 5.51. The topological polar surface area (TPSA) is 56.9 Å². The quantitative estimate of drug-likeness (QED) is 0.481. The van der Waals surface area contributed by atoms with Gasteiger partial charge >= 0.3 is 0 Å². The van der Waals surface area contributed by atoms with Gasteiger partial charge in [-0.25, -0.2) is 0 Å². The van der Waals surface area contributed by atoms with Gasteiger partial charge in [0, 0.05) is 22.3 Å². The Morgan fingerprint density at radius 2 is 1.72 bits per heavy atom. The lowest BCUT2D eigenvalue weighted by Gasteiger charge is -2.19. The van der Waals surface area contributed by atoms with Gasteiger partial charge in [-0.2, -0.15) is 5.10 Å². The monoisotopic (exact) mass is 385 g/mol. The standard InChI is InChI=1S/C24H23N3O2/c1-16-13-21(18(3)27(16)17(2)19-9-5-4-6-10-19)24(29)15-26-22-12-8-7-11-20(22)23(28)14-25-26/h4-14,17H,15H2,1-3H3/t17-/m1/s1. The third-order valence-electron chi connectivity index (χ3n) is 5.51. The summed E-state index contributed by atoms with van der Waals surface area (Å²) in [5.41, 5.74) is 4.39. The molecule has 0 saturated heterocycles. The molecule has 4 rings (SSSR count). The fraction of sp³-hybridized carbons (Fsp3) is 0.208. The van der Waals surface area contributed by atoms with E-state index in [0.29, 0.717) is 16.5 Å². The molecule has 0 amide bonds. The average Bonchev–Trinajstić information content (AvgIpc) is 3.04. The van der Waals surface area contributed by atoms with Crippen LogP contribution in [0, 0.1) is 13.8 Å². The van der Waals surface area contributed by atoms with Crippen molar-refractivity contribution in [3.63, 3.8) is 0 Å². The summed E-state index contributed by atoms with van der Waals surface area (Å²) >= 11 is 0. The number of rotatable bonds is 5. The number of hydrogen-bond donors (Lipinski definition) is 0. The number of fused-ring (bicyclic) bond motifs is 1. The van der Waals surface area contributed by atoms with Crippen LogP contribution in [0.4, 0.5) is 0 Å². The number of nitrogens with zero attached hydrogens (tertiary/aromatic N) is 3. The van der Waals surface area contributed by atoms with Crippen molar-refractivity contribution in [2.75, 3.05) is 0 Å². The first-order valence-corrected chi connectivity index (χ1v) is 9.69. The van der Waals surface area contributed by atoms with E-state index in [1.54, 1.807) is 10.7 Å². The van der Waals surface area contributed by atoms with Crippen LogP contribution in [-0.2, 0) is 6.54 Å². The lowest BCUT2D eigenvalue weighted by Crippen LogP contribution is -2.18. The van der Waals surface area contributed by atoms with Crippen LogP contribution in [0.25, 0.3) is 10.9 Å². The maximum Gasteiger partial charge on any atom is 0.207 e. The predicted octanol–water partition coefficient (Wildman–Crippen LogP) is 4.31. The number of carbonyl (C=O) groups is 1. The number of ketones is 1. The Balaban J connectivity index is 1.69. The first-order valence-electron chi connectivity index (χ1n) is 9.69. The van der Waals surface area contributed by atoms with Crippen LogP contribution >= 0.6 is 0 Å². The molecule has 1 atom stereocenters. The van der Waals surface area contributed by atoms with Crippen LogP contribution < -0.4 is 5.43 Å². The molecule has 5 nitrogen and oxygen atoms in total. The smallest absolute Gasteiger partial charge is 0.207 e. The Morgan fingerprint density at radius 1 is 1.03 bits per heavy atom. The maximum absolute atomic E-state index is 13.1. The third kappa shape index (κ3) is 3.40. The number of Topliss-reactive ketones (excluding diaryl/α,β-unsaturated/α-hetero) is 1. The molecule has 0 bridgehead atoms. The Morgan fingerprint density at radius 3 is 2.48 bits per heavy atom. The van der Waals surface area contributed by atoms with Crippen molar-refractivity contribution in [3.05, 3.63) is 99.6 Å². The summed E-state index contributed by atoms with van der Waals surface area (Å²) < 4.78 is 3.80. The molecule has 0 N–H and O–H groups in total. The van der Waals surface area contributed by atoms with Gasteiger partial charge in [-0.1, -0.05) is 42.5 Å². The molecule has 0 aliphatic heterocycles. The highest BCUT2D eigenvalue weighted by Crippen LogP contribution is 2.26. The Hall–Kier alpha value is -3.47. The minimum atomic E-state index is -0.140. The van der Waals surface area contributed by atoms with Crippen molar-refractivity contribution in [1.82, 2.24) is 14.3 Å². The van der Waals surface area contributed by atoms with Crippen LogP contribution in [0.5, 0.6) is 0 Å². The highest BCUT2D eigenvalue weighted by atomic mass is 16.1. The summed E-state index contributed by atoms with van der Waals surface area (Å²) in [5, 5.41) is 4.76. The molecule has 0 fully saturated rings. The van der Waals surface area contributed by atoms with E-state index in [9.17, 15) is 9.59 Å².